The van der Waals surface area contributed by atoms with Crippen LogP contribution in [0.5, 0.6) is 0 Å². The lowest BCUT2D eigenvalue weighted by Crippen LogP contribution is -2.56. The molecule has 0 bridgehead atoms. The SMILES string of the molecule is CO[C@@H]1[C@H](OC(=O)C(=O)N(C)OC)CC[C@]2(CO2)[C@H]1[C@]1(C)O[C@@H]1CC=C(C)C. The Kier molecular flexibility index (Phi) is 5.87. The Morgan fingerprint density at radius 1 is 1.29 bits per heavy atom. The lowest BCUT2D eigenvalue weighted by molar-refractivity contribution is -0.193. The monoisotopic (exact) mass is 397 g/mol. The smallest absolute Gasteiger partial charge is 0.399 e. The number of carbonyl (C=O) groups is 2. The van der Waals surface area contributed by atoms with Crippen LogP contribution in [0.15, 0.2) is 11.6 Å². The molecule has 1 aliphatic carbocycles. The van der Waals surface area contributed by atoms with Gasteiger partial charge in [0.25, 0.3) is 0 Å². The molecule has 158 valence electrons. The Morgan fingerprint density at radius 2 is 1.96 bits per heavy atom. The number of epoxide rings is 2. The number of hydrogen-bond donors (Lipinski definition) is 0. The number of esters is 1. The van der Waals surface area contributed by atoms with Crippen LogP contribution in [0, 0.1) is 5.92 Å². The standard InChI is InChI=1S/C20H31NO7/c1-12(2)7-8-14-19(3,28-14)16-15(24-5)13(9-10-20(16)11-26-20)27-18(23)17(22)21(4)25-6/h7,13-16H,8-11H2,1-6H3/t13-,14-,15-,16-,19-,20+/m1/s1. The molecule has 0 aromatic carbocycles. The average molecular weight is 397 g/mol. The molecule has 28 heavy (non-hydrogen) atoms. The fourth-order valence-electron chi connectivity index (χ4n) is 4.47. The molecule has 6 atom stereocenters. The van der Waals surface area contributed by atoms with E-state index in [1.165, 1.54) is 19.7 Å². The van der Waals surface area contributed by atoms with Gasteiger partial charge >= 0.3 is 11.9 Å². The Morgan fingerprint density at radius 3 is 2.50 bits per heavy atom. The molecule has 2 aliphatic heterocycles. The zero-order valence-corrected chi connectivity index (χ0v) is 17.5. The molecule has 3 rings (SSSR count). The third-order valence-corrected chi connectivity index (χ3v) is 6.23. The van der Waals surface area contributed by atoms with Crippen molar-refractivity contribution >= 4 is 11.9 Å². The van der Waals surface area contributed by atoms with Gasteiger partial charge < -0.3 is 18.9 Å². The maximum Gasteiger partial charge on any atom is 0.399 e. The van der Waals surface area contributed by atoms with Crippen molar-refractivity contribution in [3.05, 3.63) is 11.6 Å². The highest BCUT2D eigenvalue weighted by atomic mass is 16.7. The molecule has 0 N–H and O–H groups in total. The van der Waals surface area contributed by atoms with Gasteiger partial charge in [-0.3, -0.25) is 9.63 Å². The first-order valence-corrected chi connectivity index (χ1v) is 9.69. The highest BCUT2D eigenvalue weighted by Crippen LogP contribution is 2.59. The molecule has 1 saturated carbocycles. The summed E-state index contributed by atoms with van der Waals surface area (Å²) in [4.78, 5) is 29.0. The lowest BCUT2D eigenvalue weighted by atomic mass is 9.68. The molecule has 8 heteroatoms. The number of ether oxygens (including phenoxy) is 4. The highest BCUT2D eigenvalue weighted by molar-refractivity contribution is 6.32. The first-order chi connectivity index (χ1) is 13.2. The van der Waals surface area contributed by atoms with E-state index >= 15 is 0 Å². The summed E-state index contributed by atoms with van der Waals surface area (Å²) >= 11 is 0. The Balaban J connectivity index is 1.75. The van der Waals surface area contributed by atoms with Gasteiger partial charge in [-0.1, -0.05) is 11.6 Å². The molecule has 0 aromatic rings. The van der Waals surface area contributed by atoms with Crippen LogP contribution in [-0.4, -0.2) is 74.3 Å². The number of methoxy groups -OCH3 is 1. The molecule has 3 fully saturated rings. The summed E-state index contributed by atoms with van der Waals surface area (Å²) in [5.74, 6) is -1.89. The maximum atomic E-state index is 12.2. The Hall–Kier alpha value is -1.48. The molecule has 1 amide bonds. The highest BCUT2D eigenvalue weighted by Gasteiger charge is 2.72. The number of hydrogen-bond acceptors (Lipinski definition) is 7. The van der Waals surface area contributed by atoms with Crippen molar-refractivity contribution in [3.63, 3.8) is 0 Å². The zero-order valence-electron chi connectivity index (χ0n) is 17.5. The van der Waals surface area contributed by atoms with Gasteiger partial charge in [0.2, 0.25) is 0 Å². The minimum absolute atomic E-state index is 0.0711. The van der Waals surface area contributed by atoms with Crippen molar-refractivity contribution in [2.75, 3.05) is 27.9 Å². The van der Waals surface area contributed by atoms with Crippen LogP contribution >= 0.6 is 0 Å². The van der Waals surface area contributed by atoms with Crippen LogP contribution in [0.25, 0.3) is 0 Å². The normalized spacial score (nSPS) is 38.6. The van der Waals surface area contributed by atoms with E-state index < -0.39 is 29.7 Å². The van der Waals surface area contributed by atoms with E-state index in [9.17, 15) is 9.59 Å². The van der Waals surface area contributed by atoms with E-state index in [0.29, 0.717) is 13.0 Å². The molecule has 1 spiro atoms. The lowest BCUT2D eigenvalue weighted by Gasteiger charge is -2.42. The average Bonchev–Trinajstić information content (AvgIpc) is 3.57. The molecular weight excluding hydrogens is 366 g/mol. The number of likely N-dealkylation sites (N-methyl/N-ethyl adjacent to an activating group) is 1. The Bertz CT molecular complexity index is 655. The third-order valence-electron chi connectivity index (χ3n) is 6.23. The van der Waals surface area contributed by atoms with E-state index in [-0.39, 0.29) is 17.6 Å². The summed E-state index contributed by atoms with van der Waals surface area (Å²) in [6, 6.07) is 0. The van der Waals surface area contributed by atoms with Crippen LogP contribution in [0.1, 0.15) is 40.0 Å². The van der Waals surface area contributed by atoms with Gasteiger partial charge in [0, 0.05) is 14.2 Å². The summed E-state index contributed by atoms with van der Waals surface area (Å²) in [5.41, 5.74) is 0.530. The van der Waals surface area contributed by atoms with Gasteiger partial charge in [0.05, 0.1) is 25.7 Å². The quantitative estimate of drug-likeness (QED) is 0.221. The first-order valence-electron chi connectivity index (χ1n) is 9.69. The number of nitrogens with zero attached hydrogens (tertiary/aromatic N) is 1. The predicted molar refractivity (Wildman–Crippen MR) is 99.2 cm³/mol. The summed E-state index contributed by atoms with van der Waals surface area (Å²) in [6.45, 7) is 6.85. The summed E-state index contributed by atoms with van der Waals surface area (Å²) < 4.78 is 23.3. The van der Waals surface area contributed by atoms with Crippen LogP contribution < -0.4 is 0 Å². The minimum Gasteiger partial charge on any atom is -0.452 e. The largest absolute Gasteiger partial charge is 0.452 e. The van der Waals surface area contributed by atoms with E-state index in [4.69, 9.17) is 23.8 Å². The fraction of sp³-hybridized carbons (Fsp3) is 0.800. The second-order valence-electron chi connectivity index (χ2n) is 8.31. The van der Waals surface area contributed by atoms with Crippen molar-refractivity contribution in [1.82, 2.24) is 5.06 Å². The second kappa shape index (κ2) is 7.74. The number of amides is 1. The van der Waals surface area contributed by atoms with Crippen LogP contribution in [0.2, 0.25) is 0 Å². The number of rotatable bonds is 6. The van der Waals surface area contributed by atoms with Crippen molar-refractivity contribution in [2.45, 2.75) is 69.5 Å². The number of hydroxylamine groups is 2. The van der Waals surface area contributed by atoms with Crippen LogP contribution in [-0.2, 0) is 33.4 Å². The van der Waals surface area contributed by atoms with Gasteiger partial charge in [0.1, 0.15) is 23.4 Å². The molecule has 0 aromatic heterocycles. The van der Waals surface area contributed by atoms with Crippen molar-refractivity contribution in [1.29, 1.82) is 0 Å². The number of carbonyl (C=O) groups excluding carboxylic acids is 2. The van der Waals surface area contributed by atoms with Gasteiger partial charge in [-0.25, -0.2) is 9.86 Å². The molecule has 0 unspecified atom stereocenters. The molecular formula is C20H31NO7. The van der Waals surface area contributed by atoms with Crippen LogP contribution in [0.3, 0.4) is 0 Å². The van der Waals surface area contributed by atoms with Crippen molar-refractivity contribution < 1.29 is 33.4 Å². The predicted octanol–water partition coefficient (Wildman–Crippen LogP) is 1.63. The topological polar surface area (TPSA) is 90.1 Å². The fourth-order valence-corrected chi connectivity index (χ4v) is 4.47. The molecule has 3 aliphatic rings. The Labute approximate surface area is 166 Å². The van der Waals surface area contributed by atoms with Gasteiger partial charge in [0.15, 0.2) is 0 Å². The van der Waals surface area contributed by atoms with Gasteiger partial charge in [-0.2, -0.15) is 0 Å². The summed E-state index contributed by atoms with van der Waals surface area (Å²) in [6.07, 6.45) is 3.40. The van der Waals surface area contributed by atoms with Crippen molar-refractivity contribution in [2.24, 2.45) is 5.92 Å². The van der Waals surface area contributed by atoms with E-state index in [2.05, 4.69) is 26.8 Å². The minimum atomic E-state index is -0.953. The zero-order chi connectivity index (χ0) is 20.7. The van der Waals surface area contributed by atoms with Gasteiger partial charge in [-0.05, 0) is 40.0 Å². The molecule has 8 nitrogen and oxygen atoms in total. The van der Waals surface area contributed by atoms with Gasteiger partial charge in [-0.15, -0.1) is 0 Å². The van der Waals surface area contributed by atoms with E-state index in [1.54, 1.807) is 7.11 Å². The molecule has 2 heterocycles. The van der Waals surface area contributed by atoms with E-state index in [1.807, 2.05) is 0 Å². The first kappa shape index (κ1) is 21.2. The van der Waals surface area contributed by atoms with Crippen molar-refractivity contribution in [3.8, 4) is 0 Å². The molecule has 2 saturated heterocycles. The third kappa shape index (κ3) is 3.83. The van der Waals surface area contributed by atoms with Crippen LogP contribution in [0.4, 0.5) is 0 Å². The summed E-state index contributed by atoms with van der Waals surface area (Å²) in [5, 5.41) is 0.844. The maximum absolute atomic E-state index is 12.2. The van der Waals surface area contributed by atoms with E-state index in [0.717, 1.165) is 17.9 Å². The number of allylic oxidation sites excluding steroid dienone is 1. The molecule has 0 radical (unpaired) electrons. The summed E-state index contributed by atoms with van der Waals surface area (Å²) in [7, 11) is 4.27. The second-order valence-corrected chi connectivity index (χ2v) is 8.31.